The van der Waals surface area contributed by atoms with Gasteiger partial charge < -0.3 is 5.32 Å². The lowest BCUT2D eigenvalue weighted by molar-refractivity contribution is -0.111. The largest absolute Gasteiger partial charge is 0.322 e. The highest BCUT2D eigenvalue weighted by atomic mass is 32.2. The summed E-state index contributed by atoms with van der Waals surface area (Å²) in [5.74, 6) is -0.387. The number of nitrogens with zero attached hydrogens (tertiary/aromatic N) is 2. The van der Waals surface area contributed by atoms with Crippen LogP contribution in [0.25, 0.3) is 11.8 Å². The third-order valence-electron chi connectivity index (χ3n) is 4.28. The zero-order chi connectivity index (χ0) is 20.3. The number of hydrogen-bond acceptors (Lipinski definition) is 4. The first-order chi connectivity index (χ1) is 13.2. The van der Waals surface area contributed by atoms with Crippen LogP contribution in [0.5, 0.6) is 0 Å². The van der Waals surface area contributed by atoms with Crippen molar-refractivity contribution < 1.29 is 13.2 Å². The molecule has 0 aliphatic rings. The number of hydrogen-bond donors (Lipinski definition) is 2. The number of nitrogens with one attached hydrogen (secondary N) is 1. The minimum atomic E-state index is -3.86. The van der Waals surface area contributed by atoms with Crippen LogP contribution >= 0.6 is 0 Å². The summed E-state index contributed by atoms with van der Waals surface area (Å²) in [7, 11) is -3.86. The van der Waals surface area contributed by atoms with Gasteiger partial charge in [0, 0.05) is 23.5 Å². The molecule has 0 saturated heterocycles. The van der Waals surface area contributed by atoms with Gasteiger partial charge in [-0.05, 0) is 55.3 Å². The summed E-state index contributed by atoms with van der Waals surface area (Å²) < 4.78 is 24.9. The van der Waals surface area contributed by atoms with E-state index in [1.54, 1.807) is 37.0 Å². The van der Waals surface area contributed by atoms with Crippen LogP contribution in [0.4, 0.5) is 5.69 Å². The van der Waals surface area contributed by atoms with Crippen LogP contribution in [0, 0.1) is 13.8 Å². The van der Waals surface area contributed by atoms with E-state index in [0.29, 0.717) is 5.69 Å². The monoisotopic (exact) mass is 396 g/mol. The molecule has 0 saturated carbocycles. The maximum atomic E-state index is 12.3. The molecule has 0 unspecified atom stereocenters. The molecule has 8 heteroatoms. The van der Waals surface area contributed by atoms with Gasteiger partial charge in [-0.25, -0.2) is 18.2 Å². The highest BCUT2D eigenvalue weighted by Crippen LogP contribution is 2.23. The van der Waals surface area contributed by atoms with Crippen molar-refractivity contribution in [1.29, 1.82) is 0 Å². The molecule has 1 heterocycles. The molecular weight excluding hydrogens is 376 g/mol. The summed E-state index contributed by atoms with van der Waals surface area (Å²) in [5, 5.41) is 12.2. The van der Waals surface area contributed by atoms with Crippen molar-refractivity contribution in [2.24, 2.45) is 5.14 Å². The molecule has 0 radical (unpaired) electrons. The number of sulfonamides is 1. The molecule has 144 valence electrons. The van der Waals surface area contributed by atoms with Crippen LogP contribution in [-0.2, 0) is 14.8 Å². The van der Waals surface area contributed by atoms with Gasteiger partial charge >= 0.3 is 0 Å². The van der Waals surface area contributed by atoms with Gasteiger partial charge in [0.25, 0.3) is 0 Å². The van der Waals surface area contributed by atoms with E-state index in [1.165, 1.54) is 18.2 Å². The molecule has 2 aromatic carbocycles. The predicted molar refractivity (Wildman–Crippen MR) is 109 cm³/mol. The van der Waals surface area contributed by atoms with Crippen molar-refractivity contribution in [2.45, 2.75) is 18.7 Å². The van der Waals surface area contributed by atoms with Crippen molar-refractivity contribution in [3.05, 3.63) is 77.6 Å². The molecule has 0 fully saturated rings. The van der Waals surface area contributed by atoms with Crippen molar-refractivity contribution in [3.63, 3.8) is 0 Å². The van der Waals surface area contributed by atoms with E-state index < -0.39 is 10.0 Å². The number of aryl methyl sites for hydroxylation is 1. The Morgan fingerprint density at radius 2 is 1.89 bits per heavy atom. The standard InChI is InChI=1S/C20H20N4O3S/c1-14-10-18(28(21,26)27)11-19(15(14)2)23-20(25)9-8-16-12-22-24(13-16)17-6-4-3-5-7-17/h3-13H,1-2H3,(H,23,25)(H2,21,26,27). The number of aromatic nitrogens is 2. The normalized spacial score (nSPS) is 11.7. The molecule has 0 spiro atoms. The Hall–Kier alpha value is -3.23. The molecule has 7 nitrogen and oxygen atoms in total. The lowest BCUT2D eigenvalue weighted by atomic mass is 10.1. The average molecular weight is 396 g/mol. The Bertz CT molecular complexity index is 1150. The number of anilines is 1. The Balaban J connectivity index is 1.76. The first-order valence-electron chi connectivity index (χ1n) is 8.47. The van der Waals surface area contributed by atoms with Crippen LogP contribution in [0.1, 0.15) is 16.7 Å². The van der Waals surface area contributed by atoms with Crippen LogP contribution in [0.15, 0.2) is 65.8 Å². The Morgan fingerprint density at radius 3 is 2.57 bits per heavy atom. The predicted octanol–water partition coefficient (Wildman–Crippen LogP) is 2.79. The molecule has 1 amide bonds. The third-order valence-corrected chi connectivity index (χ3v) is 5.17. The van der Waals surface area contributed by atoms with Crippen molar-refractivity contribution in [1.82, 2.24) is 9.78 Å². The minimum Gasteiger partial charge on any atom is -0.322 e. The summed E-state index contributed by atoms with van der Waals surface area (Å²) >= 11 is 0. The van der Waals surface area contributed by atoms with Crippen molar-refractivity contribution in [3.8, 4) is 5.69 Å². The average Bonchev–Trinajstić information content (AvgIpc) is 3.12. The van der Waals surface area contributed by atoms with Crippen LogP contribution in [-0.4, -0.2) is 24.1 Å². The molecular formula is C20H20N4O3S. The van der Waals surface area contributed by atoms with Gasteiger partial charge in [0.15, 0.2) is 0 Å². The van der Waals surface area contributed by atoms with Crippen molar-refractivity contribution in [2.75, 3.05) is 5.32 Å². The topological polar surface area (TPSA) is 107 Å². The van der Waals surface area contributed by atoms with Gasteiger partial charge in [-0.2, -0.15) is 5.10 Å². The summed E-state index contributed by atoms with van der Waals surface area (Å²) in [6, 6.07) is 12.4. The molecule has 0 aliphatic carbocycles. The third kappa shape index (κ3) is 4.54. The fraction of sp³-hybridized carbons (Fsp3) is 0.100. The molecule has 3 rings (SSSR count). The summed E-state index contributed by atoms with van der Waals surface area (Å²) in [6.45, 7) is 3.55. The van der Waals surface area contributed by atoms with Gasteiger partial charge in [0.2, 0.25) is 15.9 Å². The number of amides is 1. The zero-order valence-electron chi connectivity index (χ0n) is 15.5. The van der Waals surface area contributed by atoms with Gasteiger partial charge in [-0.15, -0.1) is 0 Å². The maximum Gasteiger partial charge on any atom is 0.248 e. The fourth-order valence-electron chi connectivity index (χ4n) is 2.61. The van der Waals surface area contributed by atoms with Crippen LogP contribution in [0.3, 0.4) is 0 Å². The van der Waals surface area contributed by atoms with Crippen molar-refractivity contribution >= 4 is 27.7 Å². The summed E-state index contributed by atoms with van der Waals surface area (Å²) in [6.07, 6.45) is 6.45. The number of carbonyl (C=O) groups excluding carboxylic acids is 1. The van der Waals surface area contributed by atoms with E-state index in [0.717, 1.165) is 22.4 Å². The second-order valence-electron chi connectivity index (χ2n) is 6.33. The minimum absolute atomic E-state index is 0.0426. The highest BCUT2D eigenvalue weighted by Gasteiger charge is 2.13. The fourth-order valence-corrected chi connectivity index (χ4v) is 3.23. The van der Waals surface area contributed by atoms with Crippen LogP contribution < -0.4 is 10.5 Å². The quantitative estimate of drug-likeness (QED) is 0.647. The first kappa shape index (κ1) is 19.5. The first-order valence-corrected chi connectivity index (χ1v) is 10.0. The number of rotatable bonds is 5. The van der Waals surface area contributed by atoms with Crippen LogP contribution in [0.2, 0.25) is 0 Å². The number of nitrogens with two attached hydrogens (primary N) is 1. The maximum absolute atomic E-state index is 12.3. The number of para-hydroxylation sites is 1. The van der Waals surface area contributed by atoms with Gasteiger partial charge in [-0.3, -0.25) is 4.79 Å². The second-order valence-corrected chi connectivity index (χ2v) is 7.90. The van der Waals surface area contributed by atoms with E-state index in [-0.39, 0.29) is 10.8 Å². The van der Waals surface area contributed by atoms with Gasteiger partial charge in [-0.1, -0.05) is 18.2 Å². The number of primary sulfonamides is 1. The number of carbonyl (C=O) groups is 1. The zero-order valence-corrected chi connectivity index (χ0v) is 16.3. The van der Waals surface area contributed by atoms with Gasteiger partial charge in [0.05, 0.1) is 16.8 Å². The molecule has 0 aliphatic heterocycles. The summed E-state index contributed by atoms with van der Waals surface area (Å²) in [4.78, 5) is 12.2. The van der Waals surface area contributed by atoms with E-state index in [1.807, 2.05) is 30.3 Å². The lowest BCUT2D eigenvalue weighted by Gasteiger charge is -2.11. The Morgan fingerprint density at radius 1 is 1.18 bits per heavy atom. The molecule has 3 N–H and O–H groups in total. The lowest BCUT2D eigenvalue weighted by Crippen LogP contribution is -2.15. The Kier molecular flexibility index (Phi) is 5.43. The molecule has 1 aromatic heterocycles. The van der Waals surface area contributed by atoms with E-state index in [2.05, 4.69) is 10.4 Å². The molecule has 28 heavy (non-hydrogen) atoms. The van der Waals surface area contributed by atoms with E-state index in [9.17, 15) is 13.2 Å². The molecule has 3 aromatic rings. The SMILES string of the molecule is Cc1cc(S(N)(=O)=O)cc(NC(=O)C=Cc2cnn(-c3ccccc3)c2)c1C. The summed E-state index contributed by atoms with van der Waals surface area (Å²) in [5.41, 5.74) is 3.56. The highest BCUT2D eigenvalue weighted by molar-refractivity contribution is 7.89. The van der Waals surface area contributed by atoms with E-state index >= 15 is 0 Å². The second kappa shape index (κ2) is 7.79. The van der Waals surface area contributed by atoms with Gasteiger partial charge in [0.1, 0.15) is 0 Å². The number of benzene rings is 2. The smallest absolute Gasteiger partial charge is 0.248 e. The Labute approximate surface area is 163 Å². The molecule has 0 bridgehead atoms. The van der Waals surface area contributed by atoms with E-state index in [4.69, 9.17) is 5.14 Å². The molecule has 0 atom stereocenters.